The fourth-order valence-electron chi connectivity index (χ4n) is 2.76. The number of nitrogens with one attached hydrogen (secondary N) is 1. The number of rotatable bonds is 9. The van der Waals surface area contributed by atoms with Gasteiger partial charge in [-0.15, -0.1) is 0 Å². The molecule has 144 valence electrons. The fraction of sp³-hybridized carbons (Fsp3) is 0.364. The van der Waals surface area contributed by atoms with Gasteiger partial charge in [-0.3, -0.25) is 9.59 Å². The summed E-state index contributed by atoms with van der Waals surface area (Å²) in [5.74, 6) is -0.562. The summed E-state index contributed by atoms with van der Waals surface area (Å²) < 4.78 is 12.9. The maximum atomic E-state index is 12.9. The molecule has 0 bridgehead atoms. The second-order valence-corrected chi connectivity index (χ2v) is 6.48. The third-order valence-corrected chi connectivity index (χ3v) is 4.53. The van der Waals surface area contributed by atoms with Crippen LogP contribution in [0.1, 0.15) is 37.0 Å². The summed E-state index contributed by atoms with van der Waals surface area (Å²) in [6.07, 6.45) is 2.04. The molecule has 1 N–H and O–H groups in total. The van der Waals surface area contributed by atoms with Crippen LogP contribution < -0.4 is 5.32 Å². The van der Waals surface area contributed by atoms with Crippen molar-refractivity contribution in [2.75, 3.05) is 13.1 Å². The molecule has 0 heterocycles. The van der Waals surface area contributed by atoms with E-state index < -0.39 is 0 Å². The van der Waals surface area contributed by atoms with E-state index in [4.69, 9.17) is 0 Å². The number of amides is 2. The molecule has 0 aromatic heterocycles. The zero-order chi connectivity index (χ0) is 19.6. The second-order valence-electron chi connectivity index (χ2n) is 6.48. The monoisotopic (exact) mass is 370 g/mol. The first-order valence-electron chi connectivity index (χ1n) is 9.38. The molecule has 0 saturated carbocycles. The first kappa shape index (κ1) is 20.6. The average Bonchev–Trinajstić information content (AvgIpc) is 2.70. The Bertz CT molecular complexity index is 742. The summed E-state index contributed by atoms with van der Waals surface area (Å²) in [4.78, 5) is 26.1. The Kier molecular flexibility index (Phi) is 7.99. The molecule has 0 aliphatic carbocycles. The molecule has 4 nitrogen and oxygen atoms in total. The predicted octanol–water partition coefficient (Wildman–Crippen LogP) is 3.49. The molecule has 0 unspecified atom stereocenters. The lowest BCUT2D eigenvalue weighted by atomic mass is 10.1. The van der Waals surface area contributed by atoms with Crippen molar-refractivity contribution in [2.45, 2.75) is 39.7 Å². The van der Waals surface area contributed by atoms with Crippen molar-refractivity contribution in [3.8, 4) is 0 Å². The highest BCUT2D eigenvalue weighted by molar-refractivity contribution is 5.84. The zero-order valence-electron chi connectivity index (χ0n) is 16.0. The molecule has 0 saturated heterocycles. The highest BCUT2D eigenvalue weighted by atomic mass is 19.1. The lowest BCUT2D eigenvalue weighted by molar-refractivity contribution is -0.135. The number of benzene rings is 2. The Balaban J connectivity index is 1.78. The molecule has 0 fully saturated rings. The molecule has 0 aliphatic rings. The Morgan fingerprint density at radius 3 is 2.11 bits per heavy atom. The normalized spacial score (nSPS) is 10.5. The van der Waals surface area contributed by atoms with E-state index in [-0.39, 0.29) is 24.2 Å². The summed E-state index contributed by atoms with van der Waals surface area (Å²) in [6.45, 7) is 4.80. The summed E-state index contributed by atoms with van der Waals surface area (Å²) in [7, 11) is 0. The molecule has 0 aliphatic heterocycles. The van der Waals surface area contributed by atoms with Gasteiger partial charge in [0.1, 0.15) is 5.82 Å². The van der Waals surface area contributed by atoms with Gasteiger partial charge in [0.05, 0.1) is 6.54 Å². The predicted molar refractivity (Wildman–Crippen MR) is 105 cm³/mol. The van der Waals surface area contributed by atoms with Crippen molar-refractivity contribution in [1.29, 1.82) is 0 Å². The van der Waals surface area contributed by atoms with E-state index in [9.17, 15) is 14.0 Å². The Morgan fingerprint density at radius 1 is 0.926 bits per heavy atom. The molecule has 0 radical (unpaired) electrons. The van der Waals surface area contributed by atoms with Gasteiger partial charge in [0.15, 0.2) is 0 Å². The maximum Gasteiger partial charge on any atom is 0.239 e. The minimum atomic E-state index is -0.308. The van der Waals surface area contributed by atoms with Gasteiger partial charge in [-0.05, 0) is 48.6 Å². The fourth-order valence-corrected chi connectivity index (χ4v) is 2.76. The number of carbonyl (C=O) groups excluding carboxylic acids is 2. The number of nitrogens with zero attached hydrogens (tertiary/aromatic N) is 1. The van der Waals surface area contributed by atoms with Crippen molar-refractivity contribution < 1.29 is 14.0 Å². The Morgan fingerprint density at radius 2 is 1.52 bits per heavy atom. The van der Waals surface area contributed by atoms with Gasteiger partial charge in [-0.2, -0.15) is 0 Å². The van der Waals surface area contributed by atoms with Gasteiger partial charge in [0.25, 0.3) is 0 Å². The lowest BCUT2D eigenvalue weighted by Crippen LogP contribution is -2.40. The SMILES string of the molecule is CCc1ccc(CCC(=O)N(CC)CC(=O)NCc2ccc(F)cc2)cc1. The highest BCUT2D eigenvalue weighted by Crippen LogP contribution is 2.09. The van der Waals surface area contributed by atoms with Crippen LogP contribution >= 0.6 is 0 Å². The topological polar surface area (TPSA) is 49.4 Å². The van der Waals surface area contributed by atoms with Crippen LogP contribution in [0.15, 0.2) is 48.5 Å². The quantitative estimate of drug-likeness (QED) is 0.735. The van der Waals surface area contributed by atoms with Crippen molar-refractivity contribution in [2.24, 2.45) is 0 Å². The smallest absolute Gasteiger partial charge is 0.239 e. The van der Waals surface area contributed by atoms with Gasteiger partial charge < -0.3 is 10.2 Å². The molecule has 2 amide bonds. The van der Waals surface area contributed by atoms with Gasteiger partial charge in [0.2, 0.25) is 11.8 Å². The van der Waals surface area contributed by atoms with E-state index >= 15 is 0 Å². The summed E-state index contributed by atoms with van der Waals surface area (Å²) in [5, 5.41) is 2.77. The van der Waals surface area contributed by atoms with Crippen molar-refractivity contribution in [3.05, 3.63) is 71.0 Å². The lowest BCUT2D eigenvalue weighted by Gasteiger charge is -2.20. The van der Waals surface area contributed by atoms with Crippen LogP contribution in [0.2, 0.25) is 0 Å². The molecular weight excluding hydrogens is 343 g/mol. The van der Waals surface area contributed by atoms with Crippen LogP contribution in [-0.2, 0) is 29.0 Å². The molecule has 2 aromatic rings. The van der Waals surface area contributed by atoms with Gasteiger partial charge >= 0.3 is 0 Å². The molecule has 2 aromatic carbocycles. The number of halogens is 1. The van der Waals surface area contributed by atoms with Crippen molar-refractivity contribution in [3.63, 3.8) is 0 Å². The third-order valence-electron chi connectivity index (χ3n) is 4.53. The maximum absolute atomic E-state index is 12.9. The minimum Gasteiger partial charge on any atom is -0.350 e. The first-order chi connectivity index (χ1) is 13.0. The van der Waals surface area contributed by atoms with E-state index in [2.05, 4.69) is 36.5 Å². The molecule has 5 heteroatoms. The number of aryl methyl sites for hydroxylation is 2. The molecular formula is C22H27FN2O2. The molecule has 0 spiro atoms. The van der Waals surface area contributed by atoms with Crippen LogP contribution in [0.3, 0.4) is 0 Å². The van der Waals surface area contributed by atoms with Gasteiger partial charge in [-0.25, -0.2) is 4.39 Å². The minimum absolute atomic E-state index is 0.0330. The molecule has 2 rings (SSSR count). The van der Waals surface area contributed by atoms with E-state index in [0.717, 1.165) is 17.5 Å². The number of carbonyl (C=O) groups is 2. The van der Waals surface area contributed by atoms with Gasteiger partial charge in [-0.1, -0.05) is 43.3 Å². The van der Waals surface area contributed by atoms with E-state index in [1.54, 1.807) is 17.0 Å². The van der Waals surface area contributed by atoms with Crippen molar-refractivity contribution >= 4 is 11.8 Å². The van der Waals surface area contributed by atoms with Gasteiger partial charge in [0, 0.05) is 19.5 Å². The average molecular weight is 370 g/mol. The number of hydrogen-bond acceptors (Lipinski definition) is 2. The Hall–Kier alpha value is -2.69. The largest absolute Gasteiger partial charge is 0.350 e. The van der Waals surface area contributed by atoms with E-state index in [1.165, 1.54) is 17.7 Å². The van der Waals surface area contributed by atoms with Crippen LogP contribution in [-0.4, -0.2) is 29.8 Å². The van der Waals surface area contributed by atoms with E-state index in [1.807, 2.05) is 6.92 Å². The first-order valence-corrected chi connectivity index (χ1v) is 9.38. The summed E-state index contributed by atoms with van der Waals surface area (Å²) in [6, 6.07) is 14.2. The molecule has 0 atom stereocenters. The van der Waals surface area contributed by atoms with Crippen LogP contribution in [0.4, 0.5) is 4.39 Å². The summed E-state index contributed by atoms with van der Waals surface area (Å²) in [5.41, 5.74) is 3.21. The second kappa shape index (κ2) is 10.5. The van der Waals surface area contributed by atoms with Crippen LogP contribution in [0, 0.1) is 5.82 Å². The highest BCUT2D eigenvalue weighted by Gasteiger charge is 2.15. The standard InChI is InChI=1S/C22H27FN2O2/c1-3-17-5-7-18(8-6-17)11-14-22(27)25(4-2)16-21(26)24-15-19-9-12-20(23)13-10-19/h5-10,12-13H,3-4,11,14-16H2,1-2H3,(H,24,26). The van der Waals surface area contributed by atoms with Crippen LogP contribution in [0.25, 0.3) is 0 Å². The van der Waals surface area contributed by atoms with E-state index in [0.29, 0.717) is 25.9 Å². The van der Waals surface area contributed by atoms with Crippen molar-refractivity contribution in [1.82, 2.24) is 10.2 Å². The Labute approximate surface area is 160 Å². The molecule has 27 heavy (non-hydrogen) atoms. The zero-order valence-corrected chi connectivity index (χ0v) is 16.0. The third kappa shape index (κ3) is 6.85. The number of hydrogen-bond donors (Lipinski definition) is 1. The number of likely N-dealkylation sites (N-methyl/N-ethyl adjacent to an activating group) is 1. The summed E-state index contributed by atoms with van der Waals surface area (Å²) >= 11 is 0. The van der Waals surface area contributed by atoms with Crippen LogP contribution in [0.5, 0.6) is 0 Å².